The van der Waals surface area contributed by atoms with Crippen LogP contribution in [-0.2, 0) is 11.9 Å². The predicted molar refractivity (Wildman–Crippen MR) is 58.0 cm³/mol. The van der Waals surface area contributed by atoms with Gasteiger partial charge in [0.1, 0.15) is 0 Å². The summed E-state index contributed by atoms with van der Waals surface area (Å²) in [4.78, 5) is 0. The minimum Gasteiger partial charge on any atom is -0.268 e. The zero-order valence-corrected chi connectivity index (χ0v) is 9.08. The molecule has 0 aliphatic rings. The second-order valence-corrected chi connectivity index (χ2v) is 3.47. The van der Waals surface area contributed by atoms with Gasteiger partial charge in [0.15, 0.2) is 0 Å². The summed E-state index contributed by atoms with van der Waals surface area (Å²) in [6.45, 7) is 3.04. The SMILES string of the molecule is CCn1nc2ccccc2c1CBr. The number of aryl methyl sites for hydroxylation is 1. The van der Waals surface area contributed by atoms with Crippen LogP contribution < -0.4 is 0 Å². The Labute approximate surface area is 85.7 Å². The van der Waals surface area contributed by atoms with E-state index in [1.165, 1.54) is 11.1 Å². The Bertz CT molecular complexity index is 420. The molecule has 0 aliphatic carbocycles. The maximum Gasteiger partial charge on any atom is 0.0926 e. The van der Waals surface area contributed by atoms with Gasteiger partial charge in [0.25, 0.3) is 0 Å². The minimum absolute atomic E-state index is 0.862. The fourth-order valence-electron chi connectivity index (χ4n) is 1.54. The smallest absolute Gasteiger partial charge is 0.0926 e. The van der Waals surface area contributed by atoms with Crippen molar-refractivity contribution < 1.29 is 0 Å². The number of rotatable bonds is 2. The normalized spacial score (nSPS) is 10.9. The lowest BCUT2D eigenvalue weighted by atomic mass is 10.2. The summed E-state index contributed by atoms with van der Waals surface area (Å²) < 4.78 is 2.04. The van der Waals surface area contributed by atoms with Crippen molar-refractivity contribution in [1.82, 2.24) is 9.78 Å². The molecule has 1 heterocycles. The van der Waals surface area contributed by atoms with Crippen molar-refractivity contribution in [2.45, 2.75) is 18.8 Å². The van der Waals surface area contributed by atoms with Crippen LogP contribution in [0.25, 0.3) is 10.9 Å². The summed E-state index contributed by atoms with van der Waals surface area (Å²) in [5, 5.41) is 6.60. The highest BCUT2D eigenvalue weighted by Crippen LogP contribution is 2.19. The molecule has 1 aromatic heterocycles. The van der Waals surface area contributed by atoms with Gasteiger partial charge in [-0.2, -0.15) is 5.10 Å². The van der Waals surface area contributed by atoms with Crippen molar-refractivity contribution >= 4 is 26.8 Å². The van der Waals surface area contributed by atoms with E-state index in [0.717, 1.165) is 17.4 Å². The van der Waals surface area contributed by atoms with E-state index in [-0.39, 0.29) is 0 Å². The third-order valence-electron chi connectivity index (χ3n) is 2.18. The van der Waals surface area contributed by atoms with E-state index < -0.39 is 0 Å². The Balaban J connectivity index is 2.73. The number of alkyl halides is 1. The fraction of sp³-hybridized carbons (Fsp3) is 0.300. The lowest BCUT2D eigenvalue weighted by molar-refractivity contribution is 0.645. The molecule has 0 unspecified atom stereocenters. The molecule has 0 saturated carbocycles. The number of aromatic nitrogens is 2. The molecule has 2 nitrogen and oxygen atoms in total. The van der Waals surface area contributed by atoms with E-state index in [4.69, 9.17) is 0 Å². The van der Waals surface area contributed by atoms with Gasteiger partial charge in [0.2, 0.25) is 0 Å². The number of fused-ring (bicyclic) bond motifs is 1. The van der Waals surface area contributed by atoms with E-state index in [9.17, 15) is 0 Å². The lowest BCUT2D eigenvalue weighted by Gasteiger charge is -1.99. The highest BCUT2D eigenvalue weighted by molar-refractivity contribution is 9.08. The molecule has 0 aliphatic heterocycles. The van der Waals surface area contributed by atoms with E-state index in [1.54, 1.807) is 0 Å². The molecule has 0 fully saturated rings. The van der Waals surface area contributed by atoms with Crippen LogP contribution in [0, 0.1) is 0 Å². The molecule has 0 spiro atoms. The third-order valence-corrected chi connectivity index (χ3v) is 2.71. The van der Waals surface area contributed by atoms with Crippen molar-refractivity contribution in [2.24, 2.45) is 0 Å². The van der Waals surface area contributed by atoms with Gasteiger partial charge >= 0.3 is 0 Å². The monoisotopic (exact) mass is 238 g/mol. The molecule has 2 aromatic rings. The number of hydrogen-bond acceptors (Lipinski definition) is 1. The Morgan fingerprint density at radius 2 is 2.15 bits per heavy atom. The topological polar surface area (TPSA) is 17.8 Å². The first-order chi connectivity index (χ1) is 6.36. The summed E-state index contributed by atoms with van der Waals surface area (Å²) in [6, 6.07) is 8.24. The van der Waals surface area contributed by atoms with Gasteiger partial charge in [0.05, 0.1) is 11.2 Å². The summed E-state index contributed by atoms with van der Waals surface area (Å²) >= 11 is 3.49. The molecular weight excluding hydrogens is 228 g/mol. The second kappa shape index (κ2) is 3.50. The van der Waals surface area contributed by atoms with Crippen molar-refractivity contribution in [3.8, 4) is 0 Å². The average molecular weight is 239 g/mol. The molecule has 0 saturated heterocycles. The van der Waals surface area contributed by atoms with Gasteiger partial charge in [0, 0.05) is 17.3 Å². The molecule has 2 rings (SSSR count). The molecule has 1 aromatic carbocycles. The first-order valence-corrected chi connectivity index (χ1v) is 5.49. The number of hydrogen-bond donors (Lipinski definition) is 0. The van der Waals surface area contributed by atoms with Crippen LogP contribution in [0.2, 0.25) is 0 Å². The molecule has 3 heteroatoms. The van der Waals surface area contributed by atoms with Crippen LogP contribution in [0.5, 0.6) is 0 Å². The molecule has 0 bridgehead atoms. The van der Waals surface area contributed by atoms with E-state index in [1.807, 2.05) is 16.8 Å². The molecule has 68 valence electrons. The molecule has 0 amide bonds. The van der Waals surface area contributed by atoms with Crippen molar-refractivity contribution in [1.29, 1.82) is 0 Å². The second-order valence-electron chi connectivity index (χ2n) is 2.91. The number of nitrogens with zero attached hydrogens (tertiary/aromatic N) is 2. The van der Waals surface area contributed by atoms with Crippen LogP contribution in [0.4, 0.5) is 0 Å². The number of halogens is 1. The van der Waals surface area contributed by atoms with Gasteiger partial charge in [-0.15, -0.1) is 0 Å². The Kier molecular flexibility index (Phi) is 2.36. The molecular formula is C10H11BrN2. The molecule has 0 atom stereocenters. The highest BCUT2D eigenvalue weighted by Gasteiger charge is 2.06. The summed E-state index contributed by atoms with van der Waals surface area (Å²) in [7, 11) is 0. The van der Waals surface area contributed by atoms with Gasteiger partial charge in [-0.3, -0.25) is 4.68 Å². The van der Waals surface area contributed by atoms with E-state index in [0.29, 0.717) is 0 Å². The fourth-order valence-corrected chi connectivity index (χ4v) is 2.13. The van der Waals surface area contributed by atoms with Gasteiger partial charge in [-0.25, -0.2) is 0 Å². The highest BCUT2D eigenvalue weighted by atomic mass is 79.9. The van der Waals surface area contributed by atoms with Crippen molar-refractivity contribution in [2.75, 3.05) is 0 Å². The van der Waals surface area contributed by atoms with Crippen LogP contribution in [-0.4, -0.2) is 9.78 Å². The standard InChI is InChI=1S/C10H11BrN2/c1-2-13-10(7-11)8-5-3-4-6-9(8)12-13/h3-6H,2,7H2,1H3. The first-order valence-electron chi connectivity index (χ1n) is 4.37. The molecule has 0 N–H and O–H groups in total. The van der Waals surface area contributed by atoms with E-state index in [2.05, 4.69) is 40.1 Å². The van der Waals surface area contributed by atoms with E-state index >= 15 is 0 Å². The first kappa shape index (κ1) is 8.75. The van der Waals surface area contributed by atoms with Crippen LogP contribution in [0.1, 0.15) is 12.6 Å². The average Bonchev–Trinajstić information content (AvgIpc) is 2.55. The van der Waals surface area contributed by atoms with Crippen LogP contribution >= 0.6 is 15.9 Å². The predicted octanol–water partition coefficient (Wildman–Crippen LogP) is 2.95. The number of benzene rings is 1. The zero-order valence-electron chi connectivity index (χ0n) is 7.50. The largest absolute Gasteiger partial charge is 0.268 e. The third kappa shape index (κ3) is 1.37. The maximum atomic E-state index is 4.49. The van der Waals surface area contributed by atoms with Crippen LogP contribution in [0.15, 0.2) is 24.3 Å². The summed E-state index contributed by atoms with van der Waals surface area (Å²) in [5.74, 6) is 0. The summed E-state index contributed by atoms with van der Waals surface area (Å²) in [6.07, 6.45) is 0. The summed E-state index contributed by atoms with van der Waals surface area (Å²) in [5.41, 5.74) is 2.34. The Hall–Kier alpha value is -0.830. The molecule has 0 radical (unpaired) electrons. The Morgan fingerprint density at radius 3 is 2.85 bits per heavy atom. The van der Waals surface area contributed by atoms with Gasteiger partial charge < -0.3 is 0 Å². The quantitative estimate of drug-likeness (QED) is 0.736. The van der Waals surface area contributed by atoms with Crippen LogP contribution in [0.3, 0.4) is 0 Å². The lowest BCUT2D eigenvalue weighted by Crippen LogP contribution is -2.00. The zero-order chi connectivity index (χ0) is 9.26. The van der Waals surface area contributed by atoms with Crippen molar-refractivity contribution in [3.05, 3.63) is 30.0 Å². The van der Waals surface area contributed by atoms with Gasteiger partial charge in [-0.1, -0.05) is 34.1 Å². The maximum absolute atomic E-state index is 4.49. The molecule has 13 heavy (non-hydrogen) atoms. The van der Waals surface area contributed by atoms with Gasteiger partial charge in [-0.05, 0) is 13.0 Å². The Morgan fingerprint density at radius 1 is 1.38 bits per heavy atom. The van der Waals surface area contributed by atoms with Crippen molar-refractivity contribution in [3.63, 3.8) is 0 Å². The minimum atomic E-state index is 0.862.